The molecule has 4 rings (SSSR count). The van der Waals surface area contributed by atoms with Gasteiger partial charge in [0.15, 0.2) is 0 Å². The molecule has 5 nitrogen and oxygen atoms in total. The molecule has 3 heterocycles. The predicted molar refractivity (Wildman–Crippen MR) is 115 cm³/mol. The second-order valence-electron chi connectivity index (χ2n) is 7.06. The van der Waals surface area contributed by atoms with Crippen LogP contribution < -0.4 is 4.90 Å². The Hall–Kier alpha value is -2.77. The Labute approximate surface area is 173 Å². The number of anilines is 1. The van der Waals surface area contributed by atoms with Crippen LogP contribution in [0.5, 0.6) is 0 Å². The monoisotopic (exact) mass is 411 g/mol. The van der Waals surface area contributed by atoms with Crippen molar-refractivity contribution in [1.82, 2.24) is 9.88 Å². The maximum absolute atomic E-state index is 14.6. The van der Waals surface area contributed by atoms with Crippen LogP contribution in [-0.2, 0) is 11.2 Å². The van der Waals surface area contributed by atoms with Gasteiger partial charge in [0.1, 0.15) is 16.8 Å². The van der Waals surface area contributed by atoms with Gasteiger partial charge in [-0.15, -0.1) is 11.3 Å². The molecule has 2 aromatic heterocycles. The van der Waals surface area contributed by atoms with Gasteiger partial charge in [-0.1, -0.05) is 24.3 Å². The summed E-state index contributed by atoms with van der Waals surface area (Å²) in [5.74, 6) is -0.608. The molecule has 0 spiro atoms. The lowest BCUT2D eigenvalue weighted by Gasteiger charge is -2.20. The number of carbonyl (C=O) groups is 1. The summed E-state index contributed by atoms with van der Waals surface area (Å²) in [6.45, 7) is 0. The van der Waals surface area contributed by atoms with Crippen molar-refractivity contribution in [3.63, 3.8) is 0 Å². The number of allylic oxidation sites excluding steroid dienone is 4. The van der Waals surface area contributed by atoms with Crippen molar-refractivity contribution in [2.45, 2.75) is 18.9 Å². The number of carbonyl (C=O) groups excluding carboxylic acids is 1. The number of nitrogens with zero attached hydrogens (tertiary/aromatic N) is 3. The number of halogens is 1. The van der Waals surface area contributed by atoms with Crippen LogP contribution in [0.1, 0.15) is 21.7 Å². The van der Waals surface area contributed by atoms with Crippen molar-refractivity contribution in [2.75, 3.05) is 26.1 Å². The lowest BCUT2D eigenvalue weighted by molar-refractivity contribution is 0.0865. The van der Waals surface area contributed by atoms with Gasteiger partial charge in [0.25, 0.3) is 5.91 Å². The molecule has 2 aliphatic rings. The number of rotatable bonds is 3. The lowest BCUT2D eigenvalue weighted by atomic mass is 10.1. The van der Waals surface area contributed by atoms with Crippen molar-refractivity contribution in [3.8, 4) is 0 Å². The molecule has 1 amide bonds. The first-order valence-electron chi connectivity index (χ1n) is 9.36. The van der Waals surface area contributed by atoms with Crippen molar-refractivity contribution in [1.29, 1.82) is 0 Å². The standard InChI is InChI=1S/C22H22FN3O2S/c1-25(2)17-10-11-24-21-19(17)15-8-6-12-26(22(27)20(15)29-21)14-7-4-5-9-18(28-3)16(23)13-14/h5-7,9-13,18H,4,8H2,1-3H3/b9-5?,14-7+,16-13+. The van der Waals surface area contributed by atoms with E-state index in [9.17, 15) is 9.18 Å². The second-order valence-corrected chi connectivity index (χ2v) is 8.06. The van der Waals surface area contributed by atoms with E-state index in [0.29, 0.717) is 23.4 Å². The number of fused-ring (bicyclic) bond motifs is 3. The number of thiophene rings is 1. The highest BCUT2D eigenvalue weighted by Crippen LogP contribution is 2.39. The minimum absolute atomic E-state index is 0.171. The van der Waals surface area contributed by atoms with Crippen molar-refractivity contribution in [2.24, 2.45) is 0 Å². The molecule has 29 heavy (non-hydrogen) atoms. The lowest BCUT2D eigenvalue weighted by Crippen LogP contribution is -2.24. The fraction of sp³-hybridized carbons (Fsp3) is 0.273. The first-order valence-corrected chi connectivity index (χ1v) is 10.2. The van der Waals surface area contributed by atoms with E-state index in [0.717, 1.165) is 21.5 Å². The highest BCUT2D eigenvalue weighted by atomic mass is 32.1. The predicted octanol–water partition coefficient (Wildman–Crippen LogP) is 4.59. The van der Waals surface area contributed by atoms with Crippen LogP contribution in [0, 0.1) is 0 Å². The van der Waals surface area contributed by atoms with Crippen molar-refractivity contribution < 1.29 is 13.9 Å². The zero-order valence-electron chi connectivity index (χ0n) is 16.6. The molecule has 1 atom stereocenters. The quantitative estimate of drug-likeness (QED) is 0.694. The van der Waals surface area contributed by atoms with Gasteiger partial charge in [-0.25, -0.2) is 9.37 Å². The number of amides is 1. The SMILES string of the molecule is COC1C=CC/C=C(N2C=CCc3c(sc4nccc(N(C)C)c34)C2=O)\C=C/1F. The molecule has 0 N–H and O–H groups in total. The summed E-state index contributed by atoms with van der Waals surface area (Å²) in [7, 11) is 5.42. The van der Waals surface area contributed by atoms with Crippen LogP contribution in [0.2, 0.25) is 0 Å². The maximum Gasteiger partial charge on any atom is 0.272 e. The zero-order chi connectivity index (χ0) is 20.5. The summed E-state index contributed by atoms with van der Waals surface area (Å²) < 4.78 is 19.8. The average Bonchev–Trinajstić information content (AvgIpc) is 2.99. The number of methoxy groups -OCH3 is 1. The fourth-order valence-corrected chi connectivity index (χ4v) is 4.72. The molecule has 7 heteroatoms. The second kappa shape index (κ2) is 7.93. The minimum Gasteiger partial charge on any atom is -0.377 e. The molecule has 1 aliphatic heterocycles. The summed E-state index contributed by atoms with van der Waals surface area (Å²) in [5.41, 5.74) is 2.50. The molecular weight excluding hydrogens is 389 g/mol. The number of ether oxygens (including phenoxy) is 1. The van der Waals surface area contributed by atoms with Crippen LogP contribution in [0.25, 0.3) is 10.2 Å². The number of hydrogen-bond acceptors (Lipinski definition) is 5. The summed E-state index contributed by atoms with van der Waals surface area (Å²) in [5, 5.41) is 1.01. The van der Waals surface area contributed by atoms with E-state index in [1.165, 1.54) is 29.4 Å². The Morgan fingerprint density at radius 3 is 2.93 bits per heavy atom. The van der Waals surface area contributed by atoms with Gasteiger partial charge in [0, 0.05) is 50.4 Å². The van der Waals surface area contributed by atoms with Gasteiger partial charge in [-0.05, 0) is 30.5 Å². The molecule has 0 saturated carbocycles. The third-order valence-electron chi connectivity index (χ3n) is 5.00. The molecule has 0 aromatic carbocycles. The van der Waals surface area contributed by atoms with E-state index >= 15 is 0 Å². The molecule has 0 bridgehead atoms. The molecule has 0 saturated heterocycles. The molecular formula is C22H22FN3O2S. The molecule has 150 valence electrons. The van der Waals surface area contributed by atoms with Crippen LogP contribution in [0.15, 0.2) is 60.4 Å². The largest absolute Gasteiger partial charge is 0.377 e. The fourth-order valence-electron chi connectivity index (χ4n) is 3.59. The third-order valence-corrected chi connectivity index (χ3v) is 6.13. The third kappa shape index (κ3) is 3.52. The molecule has 1 unspecified atom stereocenters. The van der Waals surface area contributed by atoms with E-state index in [4.69, 9.17) is 4.74 Å². The molecule has 1 aliphatic carbocycles. The van der Waals surface area contributed by atoms with Gasteiger partial charge in [0.05, 0.1) is 4.88 Å². The van der Waals surface area contributed by atoms with Crippen LogP contribution in [-0.4, -0.2) is 43.1 Å². The minimum atomic E-state index is -0.739. The molecule has 2 aromatic rings. The summed E-state index contributed by atoms with van der Waals surface area (Å²) in [4.78, 5) is 22.9. The summed E-state index contributed by atoms with van der Waals surface area (Å²) >= 11 is 1.39. The first-order chi connectivity index (χ1) is 14.0. The normalized spacial score (nSPS) is 23.0. The molecule has 0 fully saturated rings. The number of aromatic nitrogens is 1. The smallest absolute Gasteiger partial charge is 0.272 e. The van der Waals surface area contributed by atoms with E-state index in [1.807, 2.05) is 43.3 Å². The Bertz CT molecular complexity index is 1080. The topological polar surface area (TPSA) is 45.7 Å². The van der Waals surface area contributed by atoms with Gasteiger partial charge in [0.2, 0.25) is 0 Å². The van der Waals surface area contributed by atoms with Gasteiger partial charge in [-0.2, -0.15) is 0 Å². The van der Waals surface area contributed by atoms with E-state index in [2.05, 4.69) is 4.98 Å². The van der Waals surface area contributed by atoms with Crippen molar-refractivity contribution in [3.05, 3.63) is 70.8 Å². The Balaban J connectivity index is 1.80. The van der Waals surface area contributed by atoms with Gasteiger partial charge in [-0.3, -0.25) is 9.69 Å². The van der Waals surface area contributed by atoms with Crippen LogP contribution in [0.4, 0.5) is 10.1 Å². The van der Waals surface area contributed by atoms with E-state index in [-0.39, 0.29) is 5.91 Å². The first kappa shape index (κ1) is 19.5. The zero-order valence-corrected chi connectivity index (χ0v) is 17.4. The highest BCUT2D eigenvalue weighted by Gasteiger charge is 2.28. The summed E-state index contributed by atoms with van der Waals surface area (Å²) in [6.07, 6.45) is 12.6. The van der Waals surface area contributed by atoms with Crippen LogP contribution >= 0.6 is 11.3 Å². The summed E-state index contributed by atoms with van der Waals surface area (Å²) in [6, 6.07) is 1.96. The van der Waals surface area contributed by atoms with E-state index in [1.54, 1.807) is 18.5 Å². The van der Waals surface area contributed by atoms with Crippen LogP contribution in [0.3, 0.4) is 0 Å². The van der Waals surface area contributed by atoms with Crippen molar-refractivity contribution >= 4 is 33.1 Å². The maximum atomic E-state index is 14.6. The number of pyridine rings is 1. The number of hydrogen-bond donors (Lipinski definition) is 0. The Morgan fingerprint density at radius 2 is 2.17 bits per heavy atom. The molecule has 0 radical (unpaired) electrons. The average molecular weight is 412 g/mol. The van der Waals surface area contributed by atoms with E-state index < -0.39 is 11.9 Å². The highest BCUT2D eigenvalue weighted by molar-refractivity contribution is 7.20. The Morgan fingerprint density at radius 1 is 1.34 bits per heavy atom. The Kier molecular flexibility index (Phi) is 5.34. The van der Waals surface area contributed by atoms with Gasteiger partial charge >= 0.3 is 0 Å². The van der Waals surface area contributed by atoms with Gasteiger partial charge < -0.3 is 9.64 Å².